The Morgan fingerprint density at radius 2 is 2.06 bits per heavy atom. The Morgan fingerprint density at radius 3 is 2.89 bits per heavy atom. The first-order valence-corrected chi connectivity index (χ1v) is 5.83. The smallest absolute Gasteiger partial charge is 0.256 e. The molecule has 2 heterocycles. The minimum Gasteiger partial charge on any atom is -0.346 e. The summed E-state index contributed by atoms with van der Waals surface area (Å²) < 4.78 is 0. The van der Waals surface area contributed by atoms with Gasteiger partial charge in [-0.25, -0.2) is 4.98 Å². The Balaban J connectivity index is 1.97. The Morgan fingerprint density at radius 1 is 1.17 bits per heavy atom. The monoisotopic (exact) mass is 239 g/mol. The van der Waals surface area contributed by atoms with Crippen LogP contribution in [0, 0.1) is 6.92 Å². The molecule has 1 atom stereocenters. The normalized spacial score (nSPS) is 17.6. The third-order valence-corrected chi connectivity index (χ3v) is 2.98. The molecule has 2 N–H and O–H groups in total. The van der Waals surface area contributed by atoms with Crippen LogP contribution in [0.1, 0.15) is 27.7 Å². The predicted octanol–water partition coefficient (Wildman–Crippen LogP) is 2.24. The number of rotatable bonds is 1. The highest BCUT2D eigenvalue weighted by atomic mass is 16.2. The molecular formula is C14H13N3O. The van der Waals surface area contributed by atoms with E-state index in [0.717, 1.165) is 11.1 Å². The van der Waals surface area contributed by atoms with Crippen LogP contribution in [-0.4, -0.2) is 10.9 Å². The highest BCUT2D eigenvalue weighted by molar-refractivity contribution is 6.00. The number of amides is 1. The number of aryl methyl sites for hydroxylation is 1. The van der Waals surface area contributed by atoms with Gasteiger partial charge in [0.15, 0.2) is 0 Å². The lowest BCUT2D eigenvalue weighted by atomic mass is 10.1. The molecule has 18 heavy (non-hydrogen) atoms. The van der Waals surface area contributed by atoms with E-state index in [1.165, 1.54) is 0 Å². The van der Waals surface area contributed by atoms with Gasteiger partial charge in [0.1, 0.15) is 12.0 Å². The van der Waals surface area contributed by atoms with Gasteiger partial charge in [0.25, 0.3) is 5.91 Å². The lowest BCUT2D eigenvalue weighted by Crippen LogP contribution is -2.38. The number of hydrogen-bond acceptors (Lipinski definition) is 3. The molecule has 1 aromatic carbocycles. The van der Waals surface area contributed by atoms with Crippen LogP contribution in [0.5, 0.6) is 0 Å². The first kappa shape index (κ1) is 10.8. The summed E-state index contributed by atoms with van der Waals surface area (Å²) in [6.07, 6.45) is 1.46. The van der Waals surface area contributed by atoms with Crippen LogP contribution >= 0.6 is 0 Å². The Bertz CT molecular complexity index is 609. The lowest BCUT2D eigenvalue weighted by Gasteiger charge is -2.27. The van der Waals surface area contributed by atoms with Crippen molar-refractivity contribution in [3.8, 4) is 0 Å². The molecule has 0 unspecified atom stereocenters. The molecule has 2 aromatic rings. The number of hydrogen-bond donors (Lipinski definition) is 2. The van der Waals surface area contributed by atoms with Gasteiger partial charge >= 0.3 is 0 Å². The van der Waals surface area contributed by atoms with Crippen molar-refractivity contribution in [1.29, 1.82) is 0 Å². The van der Waals surface area contributed by atoms with E-state index in [0.29, 0.717) is 11.4 Å². The largest absolute Gasteiger partial charge is 0.346 e. The van der Waals surface area contributed by atoms with E-state index in [9.17, 15) is 4.79 Å². The van der Waals surface area contributed by atoms with Crippen molar-refractivity contribution in [2.24, 2.45) is 0 Å². The van der Waals surface area contributed by atoms with Crippen LogP contribution in [0.15, 0.2) is 42.6 Å². The van der Waals surface area contributed by atoms with Gasteiger partial charge < -0.3 is 10.6 Å². The molecule has 90 valence electrons. The van der Waals surface area contributed by atoms with Crippen molar-refractivity contribution >= 4 is 11.7 Å². The maximum Gasteiger partial charge on any atom is 0.256 e. The molecule has 3 rings (SSSR count). The number of anilines is 1. The van der Waals surface area contributed by atoms with Gasteiger partial charge in [-0.1, -0.05) is 29.8 Å². The summed E-state index contributed by atoms with van der Waals surface area (Å²) in [6, 6.07) is 11.6. The quantitative estimate of drug-likeness (QED) is 0.802. The maximum absolute atomic E-state index is 12.0. The second-order valence-corrected chi connectivity index (χ2v) is 4.36. The molecular weight excluding hydrogens is 226 g/mol. The highest BCUT2D eigenvalue weighted by Crippen LogP contribution is 2.24. The second kappa shape index (κ2) is 4.14. The molecule has 1 amide bonds. The molecule has 1 aliphatic rings. The van der Waals surface area contributed by atoms with Crippen LogP contribution in [-0.2, 0) is 0 Å². The van der Waals surface area contributed by atoms with E-state index >= 15 is 0 Å². The third kappa shape index (κ3) is 1.82. The molecule has 0 radical (unpaired) electrons. The Hall–Kier alpha value is -2.36. The molecule has 0 fully saturated rings. The van der Waals surface area contributed by atoms with Crippen LogP contribution in [0.3, 0.4) is 0 Å². The van der Waals surface area contributed by atoms with Gasteiger partial charge in [-0.3, -0.25) is 4.79 Å². The summed E-state index contributed by atoms with van der Waals surface area (Å²) in [4.78, 5) is 16.2. The van der Waals surface area contributed by atoms with Crippen molar-refractivity contribution in [2.45, 2.75) is 13.1 Å². The summed E-state index contributed by atoms with van der Waals surface area (Å²) in [5.74, 6) is 0.538. The number of carbonyl (C=O) groups excluding carboxylic acids is 1. The zero-order chi connectivity index (χ0) is 12.5. The number of fused-ring (bicyclic) bond motifs is 1. The Kier molecular flexibility index (Phi) is 2.48. The number of nitrogens with one attached hydrogen (secondary N) is 2. The fraction of sp³-hybridized carbons (Fsp3) is 0.143. The number of benzene rings is 1. The summed E-state index contributed by atoms with van der Waals surface area (Å²) in [7, 11) is 0. The van der Waals surface area contributed by atoms with Crippen LogP contribution in [0.4, 0.5) is 5.82 Å². The van der Waals surface area contributed by atoms with E-state index in [1.807, 2.05) is 31.2 Å². The first-order chi connectivity index (χ1) is 8.74. The zero-order valence-electron chi connectivity index (χ0n) is 9.97. The molecule has 4 heteroatoms. The summed E-state index contributed by atoms with van der Waals surface area (Å²) >= 11 is 0. The lowest BCUT2D eigenvalue weighted by molar-refractivity contribution is 0.0935. The van der Waals surface area contributed by atoms with Gasteiger partial charge in [0.2, 0.25) is 0 Å². The summed E-state index contributed by atoms with van der Waals surface area (Å²) in [5.41, 5.74) is 2.77. The molecule has 4 nitrogen and oxygen atoms in total. The Labute approximate surface area is 105 Å². The average Bonchev–Trinajstić information content (AvgIpc) is 2.39. The maximum atomic E-state index is 12.0. The fourth-order valence-corrected chi connectivity index (χ4v) is 2.10. The molecule has 0 bridgehead atoms. The minimum atomic E-state index is -0.222. The number of aromatic nitrogens is 1. The van der Waals surface area contributed by atoms with Crippen molar-refractivity contribution in [1.82, 2.24) is 10.3 Å². The topological polar surface area (TPSA) is 54.0 Å². The second-order valence-electron chi connectivity index (χ2n) is 4.36. The molecule has 0 aliphatic carbocycles. The summed E-state index contributed by atoms with van der Waals surface area (Å²) in [6.45, 7) is 2.03. The molecule has 0 spiro atoms. The molecule has 1 aliphatic heterocycles. The highest BCUT2D eigenvalue weighted by Gasteiger charge is 2.24. The van der Waals surface area contributed by atoms with Crippen LogP contribution in [0.25, 0.3) is 0 Å². The average molecular weight is 239 g/mol. The third-order valence-electron chi connectivity index (χ3n) is 2.98. The van der Waals surface area contributed by atoms with E-state index in [-0.39, 0.29) is 12.1 Å². The predicted molar refractivity (Wildman–Crippen MR) is 69.2 cm³/mol. The van der Waals surface area contributed by atoms with Gasteiger partial charge in [0.05, 0.1) is 5.56 Å². The van der Waals surface area contributed by atoms with Gasteiger partial charge in [-0.2, -0.15) is 0 Å². The minimum absolute atomic E-state index is 0.0941. The van der Waals surface area contributed by atoms with E-state index in [4.69, 9.17) is 0 Å². The molecule has 0 saturated heterocycles. The number of carbonyl (C=O) groups is 1. The number of nitrogens with zero attached hydrogens (tertiary/aromatic N) is 1. The van der Waals surface area contributed by atoms with Crippen molar-refractivity contribution < 1.29 is 4.79 Å². The standard InChI is InChI=1S/C14H13N3O/c1-9-4-2-5-10(8-9)12-16-13-11(14(18)17-12)6-3-7-15-13/h2-8,12H,1H3,(H,15,16)(H,17,18)/t12-/m0/s1. The first-order valence-electron chi connectivity index (χ1n) is 5.83. The zero-order valence-corrected chi connectivity index (χ0v) is 9.97. The fourth-order valence-electron chi connectivity index (χ4n) is 2.10. The van der Waals surface area contributed by atoms with Crippen molar-refractivity contribution in [3.05, 3.63) is 59.3 Å². The number of pyridine rings is 1. The molecule has 1 aromatic heterocycles. The van der Waals surface area contributed by atoms with Gasteiger partial charge in [0, 0.05) is 6.20 Å². The van der Waals surface area contributed by atoms with Crippen LogP contribution < -0.4 is 10.6 Å². The van der Waals surface area contributed by atoms with Gasteiger partial charge in [-0.05, 0) is 24.6 Å². The van der Waals surface area contributed by atoms with E-state index in [2.05, 4.69) is 15.6 Å². The SMILES string of the molecule is Cc1cccc([C@@H]2NC(=O)c3cccnc3N2)c1. The van der Waals surface area contributed by atoms with Crippen molar-refractivity contribution in [2.75, 3.05) is 5.32 Å². The van der Waals surface area contributed by atoms with E-state index < -0.39 is 0 Å². The van der Waals surface area contributed by atoms with Crippen LogP contribution in [0.2, 0.25) is 0 Å². The molecule has 0 saturated carbocycles. The van der Waals surface area contributed by atoms with E-state index in [1.54, 1.807) is 18.3 Å². The summed E-state index contributed by atoms with van der Waals surface area (Å²) in [5, 5.41) is 6.15. The van der Waals surface area contributed by atoms with Gasteiger partial charge in [-0.15, -0.1) is 0 Å². The van der Waals surface area contributed by atoms with Crippen molar-refractivity contribution in [3.63, 3.8) is 0 Å².